The maximum absolute atomic E-state index is 5.79. The van der Waals surface area contributed by atoms with Gasteiger partial charge in [0.15, 0.2) is 17.5 Å². The molecule has 0 unspecified atom stereocenters. The molecule has 2 heterocycles. The number of halogens is 6. The second kappa shape index (κ2) is 6.71. The summed E-state index contributed by atoms with van der Waals surface area (Å²) < 4.78 is 1.43. The van der Waals surface area contributed by atoms with Crippen LogP contribution in [-0.4, -0.2) is 15.0 Å². The highest BCUT2D eigenvalue weighted by Crippen LogP contribution is 2.39. The van der Waals surface area contributed by atoms with Gasteiger partial charge in [-0.3, -0.25) is 0 Å². The highest BCUT2D eigenvalue weighted by molar-refractivity contribution is 6.67. The summed E-state index contributed by atoms with van der Waals surface area (Å²) in [6, 6.07) is 1.78. The minimum atomic E-state index is -1.87. The van der Waals surface area contributed by atoms with E-state index in [0.29, 0.717) is 0 Å². The first-order chi connectivity index (χ1) is 10.1. The van der Waals surface area contributed by atoms with Gasteiger partial charge < -0.3 is 4.42 Å². The zero-order valence-electron chi connectivity index (χ0n) is 10.8. The second-order valence-corrected chi connectivity index (χ2v) is 8.66. The summed E-state index contributed by atoms with van der Waals surface area (Å²) >= 11 is 34.7. The molecule has 0 atom stereocenters. The van der Waals surface area contributed by atoms with Gasteiger partial charge in [0.1, 0.15) is 5.76 Å². The van der Waals surface area contributed by atoms with Crippen molar-refractivity contribution in [1.29, 1.82) is 0 Å². The molecule has 0 amide bonds. The smallest absolute Gasteiger partial charge is 0.250 e. The van der Waals surface area contributed by atoms with Crippen LogP contribution in [0, 0.1) is 6.92 Å². The third-order valence-corrected chi connectivity index (χ3v) is 3.48. The van der Waals surface area contributed by atoms with Crippen LogP contribution in [-0.2, 0) is 7.59 Å². The van der Waals surface area contributed by atoms with Crippen LogP contribution in [0.15, 0.2) is 16.7 Å². The van der Waals surface area contributed by atoms with Gasteiger partial charge in [-0.2, -0.15) is 0 Å². The number of furan rings is 1. The molecule has 0 saturated carbocycles. The Labute approximate surface area is 156 Å². The highest BCUT2D eigenvalue weighted by Gasteiger charge is 2.33. The van der Waals surface area contributed by atoms with Gasteiger partial charge in [0.05, 0.1) is 6.26 Å². The molecule has 0 fully saturated rings. The Morgan fingerprint density at radius 3 is 1.86 bits per heavy atom. The third-order valence-electron chi connectivity index (χ3n) is 2.47. The molecule has 0 spiro atoms. The molecule has 10 heteroatoms. The van der Waals surface area contributed by atoms with Crippen LogP contribution in [0.3, 0.4) is 0 Å². The van der Waals surface area contributed by atoms with Gasteiger partial charge in [-0.15, -0.1) is 0 Å². The normalized spacial score (nSPS) is 13.0. The van der Waals surface area contributed by atoms with Crippen molar-refractivity contribution in [3.8, 4) is 0 Å². The van der Waals surface area contributed by atoms with Gasteiger partial charge in [-0.1, -0.05) is 69.6 Å². The summed E-state index contributed by atoms with van der Waals surface area (Å²) in [5.41, 5.74) is 0.839. The lowest BCUT2D eigenvalue weighted by Crippen LogP contribution is -2.16. The van der Waals surface area contributed by atoms with E-state index in [1.807, 2.05) is 6.92 Å². The number of aryl methyl sites for hydroxylation is 1. The summed E-state index contributed by atoms with van der Waals surface area (Å²) in [6.07, 6.45) is 4.85. The van der Waals surface area contributed by atoms with Crippen LogP contribution in [0.1, 0.15) is 28.8 Å². The molecule has 4 nitrogen and oxygen atoms in total. The lowest BCUT2D eigenvalue weighted by Gasteiger charge is -2.14. The minimum Gasteiger partial charge on any atom is -0.469 e. The fraction of sp³-hybridized carbons (Fsp3) is 0.250. The maximum atomic E-state index is 5.79. The SMILES string of the molecule is Cc1occc1C=Cc1nc(C(Cl)(Cl)Cl)nc(C(Cl)(Cl)Cl)n1. The zero-order chi connectivity index (χ0) is 16.5. The molecule has 0 aliphatic carbocycles. The molecular weight excluding hydrogens is 415 g/mol. The standard InChI is InChI=1S/C12H7Cl6N3O/c1-6-7(4-5-22-6)2-3-8-19-9(11(13,14)15)21-10(20-8)12(16,17)18/h2-5H,1H3. The fourth-order valence-electron chi connectivity index (χ4n) is 1.45. The van der Waals surface area contributed by atoms with Crippen molar-refractivity contribution >= 4 is 81.8 Å². The van der Waals surface area contributed by atoms with E-state index >= 15 is 0 Å². The van der Waals surface area contributed by atoms with Crippen LogP contribution < -0.4 is 0 Å². The molecule has 0 aliphatic heterocycles. The molecule has 2 aromatic heterocycles. The van der Waals surface area contributed by atoms with Crippen molar-refractivity contribution in [2.75, 3.05) is 0 Å². The number of aromatic nitrogens is 3. The van der Waals surface area contributed by atoms with Crippen LogP contribution in [0.4, 0.5) is 0 Å². The molecule has 0 aromatic carbocycles. The molecular formula is C12H7Cl6N3O. The van der Waals surface area contributed by atoms with Crippen molar-refractivity contribution in [3.63, 3.8) is 0 Å². The number of rotatable bonds is 2. The van der Waals surface area contributed by atoms with Crippen molar-refractivity contribution in [2.24, 2.45) is 0 Å². The molecule has 2 aromatic rings. The summed E-state index contributed by atoms with van der Waals surface area (Å²) in [5, 5.41) is 0. The zero-order valence-corrected chi connectivity index (χ0v) is 15.4. The Morgan fingerprint density at radius 1 is 0.909 bits per heavy atom. The predicted octanol–water partition coefficient (Wildman–Crippen LogP) is 5.60. The van der Waals surface area contributed by atoms with Crippen LogP contribution >= 0.6 is 69.6 Å². The lowest BCUT2D eigenvalue weighted by molar-refractivity contribution is 0.533. The maximum Gasteiger partial charge on any atom is 0.250 e. The average Bonchev–Trinajstić information content (AvgIpc) is 2.79. The van der Waals surface area contributed by atoms with Crippen LogP contribution in [0.2, 0.25) is 0 Å². The first-order valence-corrected chi connectivity index (χ1v) is 7.97. The Kier molecular flexibility index (Phi) is 5.53. The molecule has 22 heavy (non-hydrogen) atoms. The largest absolute Gasteiger partial charge is 0.469 e. The third kappa shape index (κ3) is 4.63. The highest BCUT2D eigenvalue weighted by atomic mass is 35.6. The van der Waals surface area contributed by atoms with E-state index in [9.17, 15) is 0 Å². The van der Waals surface area contributed by atoms with Crippen LogP contribution in [0.25, 0.3) is 12.2 Å². The predicted molar refractivity (Wildman–Crippen MR) is 90.7 cm³/mol. The van der Waals surface area contributed by atoms with Crippen molar-refractivity contribution in [3.05, 3.63) is 41.1 Å². The molecule has 0 saturated heterocycles. The number of hydrogen-bond donors (Lipinski definition) is 0. The van der Waals surface area contributed by atoms with E-state index in [4.69, 9.17) is 74.0 Å². The second-order valence-electron chi connectivity index (χ2n) is 4.10. The van der Waals surface area contributed by atoms with E-state index in [2.05, 4.69) is 15.0 Å². The quantitative estimate of drug-likeness (QED) is 0.592. The topological polar surface area (TPSA) is 51.8 Å². The Hall–Kier alpha value is -0.230. The van der Waals surface area contributed by atoms with Gasteiger partial charge in [0, 0.05) is 5.56 Å². The number of hydrogen-bond acceptors (Lipinski definition) is 4. The molecule has 0 bridgehead atoms. The summed E-state index contributed by atoms with van der Waals surface area (Å²) in [4.78, 5) is 11.9. The van der Waals surface area contributed by atoms with Gasteiger partial charge in [-0.05, 0) is 25.1 Å². The van der Waals surface area contributed by atoms with Gasteiger partial charge in [0.2, 0.25) is 7.59 Å². The van der Waals surface area contributed by atoms with E-state index < -0.39 is 7.59 Å². The van der Waals surface area contributed by atoms with Crippen molar-refractivity contribution in [1.82, 2.24) is 15.0 Å². The first-order valence-electron chi connectivity index (χ1n) is 5.70. The summed E-state index contributed by atoms with van der Waals surface area (Å²) in [6.45, 7) is 1.81. The monoisotopic (exact) mass is 419 g/mol. The van der Waals surface area contributed by atoms with Gasteiger partial charge in [-0.25, -0.2) is 15.0 Å². The Bertz CT molecular complexity index is 669. The van der Waals surface area contributed by atoms with Gasteiger partial charge >= 0.3 is 0 Å². The number of nitrogens with zero attached hydrogens (tertiary/aromatic N) is 3. The van der Waals surface area contributed by atoms with Crippen molar-refractivity contribution in [2.45, 2.75) is 14.5 Å². The Morgan fingerprint density at radius 2 is 1.45 bits per heavy atom. The number of alkyl halides is 6. The molecule has 0 radical (unpaired) electrons. The van der Waals surface area contributed by atoms with Crippen molar-refractivity contribution < 1.29 is 4.42 Å². The average molecular weight is 422 g/mol. The summed E-state index contributed by atoms with van der Waals surface area (Å²) in [5.74, 6) is 0.626. The van der Waals surface area contributed by atoms with E-state index in [-0.39, 0.29) is 17.5 Å². The van der Waals surface area contributed by atoms with E-state index in [0.717, 1.165) is 11.3 Å². The fourth-order valence-corrected chi connectivity index (χ4v) is 1.96. The summed E-state index contributed by atoms with van der Waals surface area (Å²) in [7, 11) is 0. The van der Waals surface area contributed by atoms with Gasteiger partial charge in [0.25, 0.3) is 0 Å². The molecule has 2 rings (SSSR count). The van der Waals surface area contributed by atoms with Crippen LogP contribution in [0.5, 0.6) is 0 Å². The van der Waals surface area contributed by atoms with E-state index in [1.54, 1.807) is 24.5 Å². The van der Waals surface area contributed by atoms with E-state index in [1.165, 1.54) is 0 Å². The first kappa shape index (κ1) is 18.1. The Balaban J connectivity index is 2.47. The molecule has 118 valence electrons. The molecule has 0 N–H and O–H groups in total. The molecule has 0 aliphatic rings. The lowest BCUT2D eigenvalue weighted by atomic mass is 10.2. The minimum absolute atomic E-state index is 0.141.